The van der Waals surface area contributed by atoms with Crippen LogP contribution in [0.4, 0.5) is 5.69 Å². The molecule has 0 aliphatic carbocycles. The van der Waals surface area contributed by atoms with Crippen LogP contribution >= 0.6 is 11.6 Å². The van der Waals surface area contributed by atoms with Crippen LogP contribution in [0.2, 0.25) is 5.02 Å². The molecule has 2 aliphatic heterocycles. The number of hydrogen-bond acceptors (Lipinski definition) is 4. The van der Waals surface area contributed by atoms with Crippen molar-refractivity contribution in [2.45, 2.75) is 12.2 Å². The van der Waals surface area contributed by atoms with E-state index in [1.54, 1.807) is 18.2 Å². The van der Waals surface area contributed by atoms with Gasteiger partial charge in [0.25, 0.3) is 11.7 Å². The van der Waals surface area contributed by atoms with Crippen molar-refractivity contribution in [2.75, 3.05) is 24.7 Å². The molecule has 0 bridgehead atoms. The van der Waals surface area contributed by atoms with Gasteiger partial charge < -0.3 is 9.47 Å². The predicted octanol–water partition coefficient (Wildman–Crippen LogP) is 1.80. The summed E-state index contributed by atoms with van der Waals surface area (Å²) in [5, 5.41) is 9.28. The van der Waals surface area contributed by atoms with Crippen LogP contribution in [0.25, 0.3) is 0 Å². The molecule has 1 amide bonds. The molecule has 5 nitrogen and oxygen atoms in total. The molecular weight excluding hydrogens is 268 g/mol. The van der Waals surface area contributed by atoms with Gasteiger partial charge in [-0.25, -0.2) is 0 Å². The van der Waals surface area contributed by atoms with E-state index in [0.717, 1.165) is 6.42 Å². The average Bonchev–Trinajstić information content (AvgIpc) is 2.64. The van der Waals surface area contributed by atoms with Gasteiger partial charge in [0, 0.05) is 0 Å². The first-order chi connectivity index (χ1) is 9.20. The molecule has 98 valence electrons. The Balaban J connectivity index is 2.18. The number of anilines is 1. The van der Waals surface area contributed by atoms with E-state index >= 15 is 0 Å². The number of hydrogen-bond donors (Lipinski definition) is 0. The van der Waals surface area contributed by atoms with Crippen molar-refractivity contribution >= 4 is 23.2 Å². The molecule has 0 unspecified atom stereocenters. The Hall–Kier alpha value is -1.61. The van der Waals surface area contributed by atoms with Gasteiger partial charge in [-0.2, -0.15) is 5.26 Å². The van der Waals surface area contributed by atoms with Crippen molar-refractivity contribution in [3.8, 4) is 6.07 Å². The number of carbonyl (C=O) groups excluding carboxylic acids is 1. The molecule has 0 radical (unpaired) electrons. The normalized spacial score (nSPS) is 20.4. The van der Waals surface area contributed by atoms with Gasteiger partial charge in [0.05, 0.1) is 35.6 Å². The number of amides is 1. The minimum absolute atomic E-state index is 0.0549. The van der Waals surface area contributed by atoms with Crippen molar-refractivity contribution in [3.05, 3.63) is 28.8 Å². The van der Waals surface area contributed by atoms with Gasteiger partial charge in [-0.3, -0.25) is 9.69 Å². The Kier molecular flexibility index (Phi) is 2.94. The van der Waals surface area contributed by atoms with Crippen molar-refractivity contribution in [3.63, 3.8) is 0 Å². The molecule has 1 aromatic rings. The van der Waals surface area contributed by atoms with Crippen LogP contribution in [-0.4, -0.2) is 25.7 Å². The Morgan fingerprint density at radius 1 is 1.42 bits per heavy atom. The third-order valence-electron chi connectivity index (χ3n) is 3.27. The van der Waals surface area contributed by atoms with Gasteiger partial charge in [-0.1, -0.05) is 17.7 Å². The van der Waals surface area contributed by atoms with Crippen molar-refractivity contribution < 1.29 is 14.3 Å². The topological polar surface area (TPSA) is 62.6 Å². The van der Waals surface area contributed by atoms with Crippen LogP contribution in [0.5, 0.6) is 0 Å². The maximum absolute atomic E-state index is 12.5. The molecule has 0 atom stereocenters. The fraction of sp³-hybridized carbons (Fsp3) is 0.385. The Morgan fingerprint density at radius 2 is 2.16 bits per heavy atom. The molecule has 0 N–H and O–H groups in total. The molecule has 2 heterocycles. The number of rotatable bonds is 1. The lowest BCUT2D eigenvalue weighted by Gasteiger charge is -2.32. The lowest BCUT2D eigenvalue weighted by atomic mass is 10.1. The Labute approximate surface area is 115 Å². The van der Waals surface area contributed by atoms with E-state index in [0.29, 0.717) is 29.5 Å². The number of carbonyl (C=O) groups is 1. The smallest absolute Gasteiger partial charge is 0.293 e. The van der Waals surface area contributed by atoms with E-state index in [1.807, 2.05) is 6.07 Å². The Bertz CT molecular complexity index is 576. The van der Waals surface area contributed by atoms with Gasteiger partial charge in [0.1, 0.15) is 6.54 Å². The molecule has 6 heteroatoms. The second kappa shape index (κ2) is 4.49. The quantitative estimate of drug-likeness (QED) is 0.735. The highest BCUT2D eigenvalue weighted by Gasteiger charge is 2.56. The maximum Gasteiger partial charge on any atom is 0.293 e. The molecule has 0 aromatic heterocycles. The lowest BCUT2D eigenvalue weighted by molar-refractivity contribution is -0.256. The van der Waals surface area contributed by atoms with Gasteiger partial charge in [-0.05, 0) is 18.6 Å². The SMILES string of the molecule is N#CCN1C(=O)C2(OCCCO2)c2c(Cl)cccc21. The third kappa shape index (κ3) is 1.65. The summed E-state index contributed by atoms with van der Waals surface area (Å²) in [5.41, 5.74) is 1.09. The average molecular weight is 279 g/mol. The number of ether oxygens (including phenoxy) is 2. The first-order valence-corrected chi connectivity index (χ1v) is 6.34. The maximum atomic E-state index is 12.5. The van der Waals surface area contributed by atoms with Gasteiger partial charge in [0.15, 0.2) is 0 Å². The van der Waals surface area contributed by atoms with E-state index < -0.39 is 5.79 Å². The second-order valence-corrected chi connectivity index (χ2v) is 4.76. The van der Waals surface area contributed by atoms with E-state index in [9.17, 15) is 4.79 Å². The van der Waals surface area contributed by atoms with Crippen LogP contribution in [0, 0.1) is 11.3 Å². The zero-order chi connectivity index (χ0) is 13.5. The van der Waals surface area contributed by atoms with Gasteiger partial charge in [-0.15, -0.1) is 0 Å². The first kappa shape index (κ1) is 12.4. The van der Waals surface area contributed by atoms with Gasteiger partial charge >= 0.3 is 0 Å². The molecule has 1 fully saturated rings. The molecular formula is C13H11ClN2O3. The molecule has 1 aromatic carbocycles. The van der Waals surface area contributed by atoms with E-state index in [-0.39, 0.29) is 12.5 Å². The fourth-order valence-corrected chi connectivity index (χ4v) is 2.78. The summed E-state index contributed by atoms with van der Waals surface area (Å²) in [4.78, 5) is 13.9. The Morgan fingerprint density at radius 3 is 2.84 bits per heavy atom. The van der Waals surface area contributed by atoms with Crippen molar-refractivity contribution in [1.82, 2.24) is 0 Å². The number of benzene rings is 1. The summed E-state index contributed by atoms with van der Waals surface area (Å²) in [6.45, 7) is 0.800. The molecule has 2 aliphatic rings. The van der Waals surface area contributed by atoms with Crippen molar-refractivity contribution in [2.24, 2.45) is 0 Å². The molecule has 1 saturated heterocycles. The molecule has 3 rings (SSSR count). The molecule has 19 heavy (non-hydrogen) atoms. The standard InChI is InChI=1S/C13H11ClN2O3/c14-9-3-1-4-10-11(9)13(18-7-2-8-19-13)12(17)16(10)6-5-15/h1,3-4H,2,6-8H2. The van der Waals surface area contributed by atoms with Crippen LogP contribution in [0.1, 0.15) is 12.0 Å². The summed E-state index contributed by atoms with van der Waals surface area (Å²) in [5.74, 6) is -1.85. The molecule has 1 spiro atoms. The fourth-order valence-electron chi connectivity index (χ4n) is 2.49. The molecule has 0 saturated carbocycles. The monoisotopic (exact) mass is 278 g/mol. The van der Waals surface area contributed by atoms with Gasteiger partial charge in [0.2, 0.25) is 0 Å². The largest absolute Gasteiger partial charge is 0.338 e. The van der Waals surface area contributed by atoms with E-state index in [2.05, 4.69) is 0 Å². The highest BCUT2D eigenvalue weighted by atomic mass is 35.5. The number of halogens is 1. The zero-order valence-electron chi connectivity index (χ0n) is 10.1. The van der Waals surface area contributed by atoms with E-state index in [1.165, 1.54) is 4.90 Å². The summed E-state index contributed by atoms with van der Waals surface area (Å²) in [7, 11) is 0. The summed E-state index contributed by atoms with van der Waals surface area (Å²) < 4.78 is 11.2. The second-order valence-electron chi connectivity index (χ2n) is 4.35. The predicted molar refractivity (Wildman–Crippen MR) is 67.6 cm³/mol. The zero-order valence-corrected chi connectivity index (χ0v) is 10.8. The lowest BCUT2D eigenvalue weighted by Crippen LogP contribution is -2.47. The number of nitriles is 1. The first-order valence-electron chi connectivity index (χ1n) is 5.96. The van der Waals surface area contributed by atoms with Crippen LogP contribution in [0.15, 0.2) is 18.2 Å². The van der Waals surface area contributed by atoms with Crippen molar-refractivity contribution in [1.29, 1.82) is 5.26 Å². The summed E-state index contributed by atoms with van der Waals surface area (Å²) >= 11 is 6.20. The number of fused-ring (bicyclic) bond motifs is 2. The highest BCUT2D eigenvalue weighted by Crippen LogP contribution is 2.48. The van der Waals surface area contributed by atoms with E-state index in [4.69, 9.17) is 26.3 Å². The minimum atomic E-state index is -1.47. The van der Waals surface area contributed by atoms with Crippen LogP contribution in [0.3, 0.4) is 0 Å². The van der Waals surface area contributed by atoms with Crippen LogP contribution < -0.4 is 4.90 Å². The number of nitrogens with zero attached hydrogens (tertiary/aromatic N) is 2. The minimum Gasteiger partial charge on any atom is -0.338 e. The summed E-state index contributed by atoms with van der Waals surface area (Å²) in [6.07, 6.45) is 0.729. The third-order valence-corrected chi connectivity index (χ3v) is 3.58. The van der Waals surface area contributed by atoms with Crippen LogP contribution in [-0.2, 0) is 20.1 Å². The summed E-state index contributed by atoms with van der Waals surface area (Å²) in [6, 6.07) is 7.14. The highest BCUT2D eigenvalue weighted by molar-refractivity contribution is 6.33.